The minimum atomic E-state index is -3.74. The number of ether oxygens (including phenoxy) is 1. The van der Waals surface area contributed by atoms with Gasteiger partial charge >= 0.3 is 11.7 Å². The molecule has 3 rings (SSSR count). The predicted octanol–water partition coefficient (Wildman–Crippen LogP) is 0.820. The number of aromatic nitrogens is 2. The van der Waals surface area contributed by atoms with Crippen molar-refractivity contribution in [3.63, 3.8) is 0 Å². The monoisotopic (exact) mass is 353 g/mol. The van der Waals surface area contributed by atoms with Crippen molar-refractivity contribution >= 4 is 27.0 Å². The molecule has 130 valence electrons. The summed E-state index contributed by atoms with van der Waals surface area (Å²) in [6.07, 6.45) is 1.22. The molecule has 1 aliphatic heterocycles. The Morgan fingerprint density at radius 1 is 1.33 bits per heavy atom. The van der Waals surface area contributed by atoms with Crippen LogP contribution in [0, 0.1) is 5.92 Å². The van der Waals surface area contributed by atoms with Gasteiger partial charge in [0, 0.05) is 13.1 Å². The average Bonchev–Trinajstić information content (AvgIpc) is 2.94. The lowest BCUT2D eigenvalue weighted by Gasteiger charge is -2.30. The second-order valence-electron chi connectivity index (χ2n) is 5.74. The van der Waals surface area contributed by atoms with E-state index in [1.165, 1.54) is 16.4 Å². The van der Waals surface area contributed by atoms with Gasteiger partial charge in [-0.15, -0.1) is 0 Å². The van der Waals surface area contributed by atoms with Crippen molar-refractivity contribution in [2.45, 2.75) is 24.7 Å². The van der Waals surface area contributed by atoms with Crippen LogP contribution in [0.4, 0.5) is 0 Å². The van der Waals surface area contributed by atoms with Crippen molar-refractivity contribution in [3.8, 4) is 0 Å². The normalized spacial score (nSPS) is 19.5. The quantitative estimate of drug-likeness (QED) is 0.790. The number of carbonyl (C=O) groups is 1. The molecular formula is C15H19N3O5S. The standard InChI is InChI=1S/C15H19N3O5S/c1-2-23-14(19)10-4-3-7-18(9-10)24(21,22)11-5-6-12-13(8-11)17-15(20)16-12/h5-6,8,10H,2-4,7,9H2,1H3,(H2,16,17,20)/t10-/m1/s1. The molecule has 2 heterocycles. The van der Waals surface area contributed by atoms with E-state index < -0.39 is 15.9 Å². The number of sulfonamides is 1. The Labute approximate surface area is 138 Å². The Hall–Kier alpha value is -2.13. The summed E-state index contributed by atoms with van der Waals surface area (Å²) in [5.41, 5.74) is 0.585. The number of fused-ring (bicyclic) bond motifs is 1. The Morgan fingerprint density at radius 3 is 2.83 bits per heavy atom. The maximum Gasteiger partial charge on any atom is 0.323 e. The first-order valence-corrected chi connectivity index (χ1v) is 9.24. The number of piperidine rings is 1. The van der Waals surface area contributed by atoms with Crippen molar-refractivity contribution in [1.29, 1.82) is 0 Å². The molecule has 0 unspecified atom stereocenters. The number of imidazole rings is 1. The molecule has 0 saturated carbocycles. The Kier molecular flexibility index (Phi) is 4.46. The Balaban J connectivity index is 1.87. The van der Waals surface area contributed by atoms with Gasteiger partial charge in [0.05, 0.1) is 28.5 Å². The van der Waals surface area contributed by atoms with Gasteiger partial charge in [0.1, 0.15) is 0 Å². The fourth-order valence-electron chi connectivity index (χ4n) is 2.93. The molecule has 1 aliphatic rings. The largest absolute Gasteiger partial charge is 0.466 e. The molecule has 0 spiro atoms. The van der Waals surface area contributed by atoms with Gasteiger partial charge in [-0.3, -0.25) is 4.79 Å². The molecular weight excluding hydrogens is 334 g/mol. The van der Waals surface area contributed by atoms with Crippen LogP contribution in [0.15, 0.2) is 27.9 Å². The van der Waals surface area contributed by atoms with Gasteiger partial charge in [-0.2, -0.15) is 4.31 Å². The highest BCUT2D eigenvalue weighted by Crippen LogP contribution is 2.25. The number of hydrogen-bond acceptors (Lipinski definition) is 5. The average molecular weight is 353 g/mol. The van der Waals surface area contributed by atoms with E-state index in [2.05, 4.69) is 9.97 Å². The maximum absolute atomic E-state index is 12.8. The van der Waals surface area contributed by atoms with E-state index in [-0.39, 0.29) is 29.7 Å². The first-order chi connectivity index (χ1) is 11.4. The number of nitrogens with zero attached hydrogens (tertiary/aromatic N) is 1. The minimum Gasteiger partial charge on any atom is -0.466 e. The maximum atomic E-state index is 12.8. The summed E-state index contributed by atoms with van der Waals surface area (Å²) < 4.78 is 32.0. The third-order valence-electron chi connectivity index (χ3n) is 4.13. The Bertz CT molecular complexity index is 915. The van der Waals surface area contributed by atoms with Crippen LogP contribution in [-0.2, 0) is 19.6 Å². The molecule has 0 amide bonds. The van der Waals surface area contributed by atoms with E-state index in [9.17, 15) is 18.0 Å². The zero-order chi connectivity index (χ0) is 17.3. The molecule has 8 nitrogen and oxygen atoms in total. The Morgan fingerprint density at radius 2 is 2.08 bits per heavy atom. The summed E-state index contributed by atoms with van der Waals surface area (Å²) in [6.45, 7) is 2.48. The highest BCUT2D eigenvalue weighted by molar-refractivity contribution is 7.89. The van der Waals surface area contributed by atoms with E-state index in [0.717, 1.165) is 0 Å². The van der Waals surface area contributed by atoms with Crippen molar-refractivity contribution in [3.05, 3.63) is 28.7 Å². The van der Waals surface area contributed by atoms with E-state index in [1.807, 2.05) is 0 Å². The lowest BCUT2D eigenvalue weighted by molar-refractivity contribution is -0.149. The highest BCUT2D eigenvalue weighted by Gasteiger charge is 2.34. The number of carbonyl (C=O) groups excluding carboxylic acids is 1. The van der Waals surface area contributed by atoms with Crippen molar-refractivity contribution in [2.24, 2.45) is 5.92 Å². The number of H-pyrrole nitrogens is 2. The minimum absolute atomic E-state index is 0.0924. The number of rotatable bonds is 4. The fourth-order valence-corrected chi connectivity index (χ4v) is 4.48. The number of aromatic amines is 2. The van der Waals surface area contributed by atoms with Crippen LogP contribution in [0.1, 0.15) is 19.8 Å². The summed E-state index contributed by atoms with van der Waals surface area (Å²) in [7, 11) is -3.74. The predicted molar refractivity (Wildman–Crippen MR) is 87.0 cm³/mol. The lowest BCUT2D eigenvalue weighted by atomic mass is 10.0. The highest BCUT2D eigenvalue weighted by atomic mass is 32.2. The molecule has 0 aliphatic carbocycles. The zero-order valence-electron chi connectivity index (χ0n) is 13.2. The van der Waals surface area contributed by atoms with Gasteiger partial charge in [0.2, 0.25) is 10.0 Å². The fraction of sp³-hybridized carbons (Fsp3) is 0.467. The van der Waals surface area contributed by atoms with Crippen LogP contribution in [-0.4, -0.2) is 48.4 Å². The molecule has 0 radical (unpaired) electrons. The SMILES string of the molecule is CCOC(=O)[C@@H]1CCCN(S(=O)(=O)c2ccc3[nH]c(=O)[nH]c3c2)C1. The van der Waals surface area contributed by atoms with Gasteiger partial charge in [-0.25, -0.2) is 13.2 Å². The van der Waals surface area contributed by atoms with E-state index >= 15 is 0 Å². The van der Waals surface area contributed by atoms with Crippen LogP contribution < -0.4 is 5.69 Å². The number of benzene rings is 1. The first kappa shape index (κ1) is 16.7. The smallest absolute Gasteiger partial charge is 0.323 e. The molecule has 2 aromatic rings. The summed E-state index contributed by atoms with van der Waals surface area (Å²) in [6, 6.07) is 4.43. The number of esters is 1. The third kappa shape index (κ3) is 3.09. The molecule has 1 aromatic carbocycles. The van der Waals surface area contributed by atoms with E-state index in [1.54, 1.807) is 13.0 Å². The third-order valence-corrected chi connectivity index (χ3v) is 5.99. The van der Waals surface area contributed by atoms with Crippen LogP contribution in [0.2, 0.25) is 0 Å². The van der Waals surface area contributed by atoms with Crippen LogP contribution in [0.25, 0.3) is 11.0 Å². The molecule has 0 bridgehead atoms. The number of hydrogen-bond donors (Lipinski definition) is 2. The molecule has 1 fully saturated rings. The van der Waals surface area contributed by atoms with Crippen molar-refractivity contribution in [2.75, 3.05) is 19.7 Å². The van der Waals surface area contributed by atoms with E-state index in [0.29, 0.717) is 30.4 Å². The van der Waals surface area contributed by atoms with E-state index in [4.69, 9.17) is 4.74 Å². The number of nitrogens with one attached hydrogen (secondary N) is 2. The van der Waals surface area contributed by atoms with Crippen LogP contribution in [0.5, 0.6) is 0 Å². The van der Waals surface area contributed by atoms with Gasteiger partial charge < -0.3 is 14.7 Å². The van der Waals surface area contributed by atoms with Gasteiger partial charge in [0.15, 0.2) is 0 Å². The molecule has 1 atom stereocenters. The van der Waals surface area contributed by atoms with Crippen molar-refractivity contribution < 1.29 is 17.9 Å². The summed E-state index contributed by atoms with van der Waals surface area (Å²) in [5, 5.41) is 0. The van der Waals surface area contributed by atoms with Crippen LogP contribution in [0.3, 0.4) is 0 Å². The molecule has 2 N–H and O–H groups in total. The summed E-state index contributed by atoms with van der Waals surface area (Å²) in [5.74, 6) is -0.799. The second-order valence-corrected chi connectivity index (χ2v) is 7.68. The second kappa shape index (κ2) is 6.40. The van der Waals surface area contributed by atoms with Crippen molar-refractivity contribution in [1.82, 2.24) is 14.3 Å². The molecule has 1 saturated heterocycles. The molecule has 1 aromatic heterocycles. The van der Waals surface area contributed by atoms with Gasteiger partial charge in [-0.1, -0.05) is 0 Å². The molecule has 9 heteroatoms. The van der Waals surface area contributed by atoms with Crippen LogP contribution >= 0.6 is 0 Å². The topological polar surface area (TPSA) is 112 Å². The summed E-state index contributed by atoms with van der Waals surface area (Å²) in [4.78, 5) is 28.4. The zero-order valence-corrected chi connectivity index (χ0v) is 14.1. The first-order valence-electron chi connectivity index (χ1n) is 7.80. The lowest BCUT2D eigenvalue weighted by Crippen LogP contribution is -2.42. The van der Waals surface area contributed by atoms with Gasteiger partial charge in [0.25, 0.3) is 0 Å². The van der Waals surface area contributed by atoms with Gasteiger partial charge in [-0.05, 0) is 38.0 Å². The summed E-state index contributed by atoms with van der Waals surface area (Å²) >= 11 is 0. The molecule has 24 heavy (non-hydrogen) atoms.